The van der Waals surface area contributed by atoms with Crippen molar-refractivity contribution in [3.63, 3.8) is 0 Å². The Balaban J connectivity index is 1.67. The first-order valence-corrected chi connectivity index (χ1v) is 7.73. The average molecular weight is 313 g/mol. The molecule has 0 spiro atoms. The van der Waals surface area contributed by atoms with Crippen molar-refractivity contribution in [2.75, 3.05) is 0 Å². The fourth-order valence-electron chi connectivity index (χ4n) is 2.78. The molecule has 0 radical (unpaired) electrons. The number of hydrogen-bond acceptors (Lipinski definition) is 5. The Morgan fingerprint density at radius 3 is 2.74 bits per heavy atom. The maximum atomic E-state index is 12.0. The molecular formula is C18H19NO4. The van der Waals surface area contributed by atoms with E-state index in [9.17, 15) is 4.79 Å². The van der Waals surface area contributed by atoms with Crippen LogP contribution in [0.25, 0.3) is 0 Å². The van der Waals surface area contributed by atoms with E-state index in [0.717, 1.165) is 5.56 Å². The Hall–Kier alpha value is -2.56. The van der Waals surface area contributed by atoms with E-state index in [2.05, 4.69) is 5.16 Å². The van der Waals surface area contributed by atoms with E-state index in [1.807, 2.05) is 43.3 Å². The first-order valence-electron chi connectivity index (χ1n) is 7.73. The second-order valence-electron chi connectivity index (χ2n) is 5.48. The van der Waals surface area contributed by atoms with Crippen LogP contribution < -0.4 is 0 Å². The molecule has 0 saturated carbocycles. The lowest BCUT2D eigenvalue weighted by Gasteiger charge is -2.13. The molecule has 1 fully saturated rings. The second kappa shape index (κ2) is 7.13. The van der Waals surface area contributed by atoms with Gasteiger partial charge in [0.25, 0.3) is 0 Å². The minimum atomic E-state index is -0.438. The van der Waals surface area contributed by atoms with E-state index in [1.165, 1.54) is 0 Å². The molecule has 2 aromatic rings. The van der Waals surface area contributed by atoms with Gasteiger partial charge < -0.3 is 14.0 Å². The number of carbonyl (C=O) groups excluding carboxylic acids is 1. The highest BCUT2D eigenvalue weighted by atomic mass is 16.6. The quantitative estimate of drug-likeness (QED) is 0.463. The number of hydrogen-bond donors (Lipinski definition) is 0. The number of benzene rings is 1. The number of nitrogens with zero attached hydrogens (tertiary/aromatic N) is 1. The van der Waals surface area contributed by atoms with E-state index >= 15 is 0 Å². The number of oxime groups is 1. The molecule has 5 nitrogen and oxygen atoms in total. The highest BCUT2D eigenvalue weighted by molar-refractivity contribution is 5.81. The van der Waals surface area contributed by atoms with Crippen LogP contribution in [-0.4, -0.2) is 12.2 Å². The second-order valence-corrected chi connectivity index (χ2v) is 5.48. The molecule has 2 heterocycles. The van der Waals surface area contributed by atoms with Crippen molar-refractivity contribution in [2.24, 2.45) is 17.0 Å². The van der Waals surface area contributed by atoms with Crippen molar-refractivity contribution < 1.29 is 18.8 Å². The summed E-state index contributed by atoms with van der Waals surface area (Å²) in [7, 11) is 0. The minimum absolute atomic E-state index is 0.186. The van der Waals surface area contributed by atoms with Gasteiger partial charge in [0.15, 0.2) is 6.10 Å². The first-order chi connectivity index (χ1) is 11.3. The summed E-state index contributed by atoms with van der Waals surface area (Å²) >= 11 is 0. The third kappa shape index (κ3) is 3.44. The molecule has 1 aromatic carbocycles. The van der Waals surface area contributed by atoms with Gasteiger partial charge in [-0.25, -0.2) is 0 Å². The Labute approximate surface area is 134 Å². The summed E-state index contributed by atoms with van der Waals surface area (Å²) < 4.78 is 10.8. The van der Waals surface area contributed by atoms with Gasteiger partial charge in [0.1, 0.15) is 12.4 Å². The van der Waals surface area contributed by atoms with Gasteiger partial charge in [-0.15, -0.1) is 0 Å². The smallest absolute Gasteiger partial charge is 0.310 e. The van der Waals surface area contributed by atoms with E-state index < -0.39 is 6.10 Å². The number of furan rings is 1. The Kier molecular flexibility index (Phi) is 4.76. The van der Waals surface area contributed by atoms with Crippen LogP contribution in [-0.2, 0) is 21.0 Å². The zero-order chi connectivity index (χ0) is 16.1. The predicted molar refractivity (Wildman–Crippen MR) is 84.5 cm³/mol. The summed E-state index contributed by atoms with van der Waals surface area (Å²) in [5.74, 6) is 0.00539. The minimum Gasteiger partial charge on any atom is -0.465 e. The fraction of sp³-hybridized carbons (Fsp3) is 0.333. The van der Waals surface area contributed by atoms with Crippen LogP contribution in [0.15, 0.2) is 58.3 Å². The molecule has 3 atom stereocenters. The summed E-state index contributed by atoms with van der Waals surface area (Å²) in [5.41, 5.74) is 1.04. The molecule has 0 N–H and O–H groups in total. The summed E-state index contributed by atoms with van der Waals surface area (Å²) in [5, 5.41) is 4.04. The fourth-order valence-corrected chi connectivity index (χ4v) is 2.78. The van der Waals surface area contributed by atoms with E-state index in [4.69, 9.17) is 14.0 Å². The first kappa shape index (κ1) is 15.3. The topological polar surface area (TPSA) is 61.0 Å². The SMILES string of the molecule is CC[C@@H]1C(=O)O[C@H](c2ccco2)[C@H]1/C=N/OCc1ccccc1. The van der Waals surface area contributed by atoms with Crippen LogP contribution in [0.2, 0.25) is 0 Å². The molecule has 1 aliphatic rings. The molecule has 0 bridgehead atoms. The van der Waals surface area contributed by atoms with Crippen LogP contribution in [0.1, 0.15) is 30.8 Å². The zero-order valence-electron chi connectivity index (χ0n) is 12.9. The van der Waals surface area contributed by atoms with Crippen LogP contribution in [0, 0.1) is 11.8 Å². The number of esters is 1. The Morgan fingerprint density at radius 2 is 2.04 bits per heavy atom. The van der Waals surface area contributed by atoms with Crippen molar-refractivity contribution in [1.82, 2.24) is 0 Å². The Morgan fingerprint density at radius 1 is 1.22 bits per heavy atom. The predicted octanol–water partition coefficient (Wildman–Crippen LogP) is 3.72. The van der Waals surface area contributed by atoms with Crippen LogP contribution in [0.5, 0.6) is 0 Å². The summed E-state index contributed by atoms with van der Waals surface area (Å²) in [6.07, 6.45) is 3.48. The number of carbonyl (C=O) groups is 1. The maximum absolute atomic E-state index is 12.0. The largest absolute Gasteiger partial charge is 0.465 e. The lowest BCUT2D eigenvalue weighted by molar-refractivity contribution is -0.145. The molecule has 0 amide bonds. The molecule has 5 heteroatoms. The highest BCUT2D eigenvalue weighted by Crippen LogP contribution is 2.39. The van der Waals surface area contributed by atoms with Gasteiger partial charge in [0.05, 0.1) is 24.3 Å². The van der Waals surface area contributed by atoms with Crippen LogP contribution in [0.3, 0.4) is 0 Å². The van der Waals surface area contributed by atoms with Crippen molar-refractivity contribution in [3.8, 4) is 0 Å². The molecule has 1 saturated heterocycles. The number of cyclic esters (lactones) is 1. The molecule has 1 aliphatic heterocycles. The summed E-state index contributed by atoms with van der Waals surface area (Å²) in [6, 6.07) is 13.4. The zero-order valence-corrected chi connectivity index (χ0v) is 12.9. The lowest BCUT2D eigenvalue weighted by atomic mass is 9.88. The monoisotopic (exact) mass is 313 g/mol. The maximum Gasteiger partial charge on any atom is 0.310 e. The van der Waals surface area contributed by atoms with Gasteiger partial charge in [0, 0.05) is 0 Å². The lowest BCUT2D eigenvalue weighted by Crippen LogP contribution is -2.17. The van der Waals surface area contributed by atoms with Gasteiger partial charge in [-0.3, -0.25) is 4.79 Å². The van der Waals surface area contributed by atoms with Gasteiger partial charge in [-0.05, 0) is 24.1 Å². The van der Waals surface area contributed by atoms with E-state index in [0.29, 0.717) is 18.8 Å². The Bertz CT molecular complexity index is 651. The molecule has 23 heavy (non-hydrogen) atoms. The summed E-state index contributed by atoms with van der Waals surface area (Å²) in [4.78, 5) is 17.4. The molecule has 0 unspecified atom stereocenters. The van der Waals surface area contributed by atoms with E-state index in [1.54, 1.807) is 18.5 Å². The van der Waals surface area contributed by atoms with Crippen molar-refractivity contribution >= 4 is 12.2 Å². The number of ether oxygens (including phenoxy) is 1. The molecular weight excluding hydrogens is 294 g/mol. The van der Waals surface area contributed by atoms with Gasteiger partial charge in [0.2, 0.25) is 0 Å². The third-order valence-corrected chi connectivity index (χ3v) is 4.01. The molecule has 1 aromatic heterocycles. The number of rotatable bonds is 6. The van der Waals surface area contributed by atoms with Crippen molar-refractivity contribution in [3.05, 3.63) is 60.1 Å². The highest BCUT2D eigenvalue weighted by Gasteiger charge is 2.44. The van der Waals surface area contributed by atoms with Gasteiger partial charge in [-0.1, -0.05) is 42.4 Å². The standard InChI is InChI=1S/C18H19NO4/c1-2-14-15(11-19-22-12-13-7-4-3-5-8-13)17(23-18(14)20)16-9-6-10-21-16/h3-11,14-15,17H,2,12H2,1H3/b19-11+/t14-,15-,17-/m0/s1. The molecule has 0 aliphatic carbocycles. The van der Waals surface area contributed by atoms with Crippen LogP contribution >= 0.6 is 0 Å². The van der Waals surface area contributed by atoms with Gasteiger partial charge in [-0.2, -0.15) is 0 Å². The van der Waals surface area contributed by atoms with Crippen LogP contribution in [0.4, 0.5) is 0 Å². The van der Waals surface area contributed by atoms with Crippen molar-refractivity contribution in [2.45, 2.75) is 26.1 Å². The third-order valence-electron chi connectivity index (χ3n) is 4.01. The van der Waals surface area contributed by atoms with E-state index in [-0.39, 0.29) is 17.8 Å². The normalized spacial score (nSPS) is 24.0. The molecule has 120 valence electrons. The van der Waals surface area contributed by atoms with Crippen molar-refractivity contribution in [1.29, 1.82) is 0 Å². The average Bonchev–Trinajstić information content (AvgIpc) is 3.20. The molecule has 3 rings (SSSR count). The summed E-state index contributed by atoms with van der Waals surface area (Å²) in [6.45, 7) is 2.35. The van der Waals surface area contributed by atoms with Gasteiger partial charge >= 0.3 is 5.97 Å².